The first kappa shape index (κ1) is 16.3. The Morgan fingerprint density at radius 1 is 1.12 bits per heavy atom. The average molecular weight is 341 g/mol. The number of halogens is 1. The Labute approximate surface area is 144 Å². The fourth-order valence-electron chi connectivity index (χ4n) is 2.87. The maximum Gasteiger partial charge on any atom is 0.256 e. The number of carbonyl (C=O) groups excluding carboxylic acids is 1. The number of hydrogen-bond donors (Lipinski definition) is 1. The molecule has 4 nitrogen and oxygen atoms in total. The number of benzene rings is 2. The molecule has 24 heavy (non-hydrogen) atoms. The first-order valence-corrected chi connectivity index (χ1v) is 7.96. The SMILES string of the molecule is CC(=O)NC(c1ccccc1)c1cc2cc(Cl)ccc2n(C)c1=O. The van der Waals surface area contributed by atoms with Gasteiger partial charge in [-0.2, -0.15) is 0 Å². The van der Waals surface area contributed by atoms with Crippen LogP contribution in [0.25, 0.3) is 10.9 Å². The number of nitrogens with one attached hydrogen (secondary N) is 1. The molecule has 0 fully saturated rings. The summed E-state index contributed by atoms with van der Waals surface area (Å²) < 4.78 is 1.58. The highest BCUT2D eigenvalue weighted by Crippen LogP contribution is 2.24. The zero-order chi connectivity index (χ0) is 17.3. The van der Waals surface area contributed by atoms with Gasteiger partial charge in [0, 0.05) is 29.9 Å². The van der Waals surface area contributed by atoms with Crippen molar-refractivity contribution in [2.24, 2.45) is 7.05 Å². The van der Waals surface area contributed by atoms with Gasteiger partial charge in [-0.1, -0.05) is 41.9 Å². The van der Waals surface area contributed by atoms with Crippen molar-refractivity contribution in [3.63, 3.8) is 0 Å². The Morgan fingerprint density at radius 3 is 2.50 bits per heavy atom. The third kappa shape index (κ3) is 3.05. The van der Waals surface area contributed by atoms with Gasteiger partial charge in [-0.15, -0.1) is 0 Å². The molecule has 1 N–H and O–H groups in total. The predicted octanol–water partition coefficient (Wildman–Crippen LogP) is 3.42. The second-order valence-corrected chi connectivity index (χ2v) is 6.15. The Bertz CT molecular complexity index is 964. The molecule has 0 aliphatic heterocycles. The van der Waals surface area contributed by atoms with E-state index in [1.54, 1.807) is 23.7 Å². The molecule has 0 aliphatic rings. The fourth-order valence-corrected chi connectivity index (χ4v) is 3.06. The number of aryl methyl sites for hydroxylation is 1. The predicted molar refractivity (Wildman–Crippen MR) is 96.3 cm³/mol. The fraction of sp³-hybridized carbons (Fsp3) is 0.158. The lowest BCUT2D eigenvalue weighted by molar-refractivity contribution is -0.119. The molecule has 3 aromatic rings. The first-order chi connectivity index (χ1) is 11.5. The summed E-state index contributed by atoms with van der Waals surface area (Å²) >= 11 is 6.09. The Hall–Kier alpha value is -2.59. The maximum atomic E-state index is 12.8. The number of fused-ring (bicyclic) bond motifs is 1. The molecule has 0 bridgehead atoms. The van der Waals surface area contributed by atoms with Crippen LogP contribution in [0.3, 0.4) is 0 Å². The standard InChI is InChI=1S/C19H17ClN2O2/c1-12(23)21-18(13-6-4-3-5-7-13)16-11-14-10-15(20)8-9-17(14)22(2)19(16)24/h3-11,18H,1-2H3,(H,21,23). The van der Waals surface area contributed by atoms with E-state index in [-0.39, 0.29) is 11.5 Å². The third-order valence-electron chi connectivity index (χ3n) is 4.01. The van der Waals surface area contributed by atoms with E-state index in [0.29, 0.717) is 10.6 Å². The van der Waals surface area contributed by atoms with E-state index >= 15 is 0 Å². The van der Waals surface area contributed by atoms with Crippen molar-refractivity contribution >= 4 is 28.4 Å². The lowest BCUT2D eigenvalue weighted by Gasteiger charge is -2.20. The number of carbonyl (C=O) groups is 1. The minimum Gasteiger partial charge on any atom is -0.345 e. The lowest BCUT2D eigenvalue weighted by atomic mass is 9.98. The molecular weight excluding hydrogens is 324 g/mol. The summed E-state index contributed by atoms with van der Waals surface area (Å²) in [6.07, 6.45) is 0. The van der Waals surface area contributed by atoms with Gasteiger partial charge in [0.25, 0.3) is 5.56 Å². The molecule has 1 heterocycles. The summed E-state index contributed by atoms with van der Waals surface area (Å²) in [5, 5.41) is 4.33. The van der Waals surface area contributed by atoms with Crippen LogP contribution in [0.2, 0.25) is 5.02 Å². The van der Waals surface area contributed by atoms with E-state index < -0.39 is 6.04 Å². The summed E-state index contributed by atoms with van der Waals surface area (Å²) in [7, 11) is 1.72. The number of aromatic nitrogens is 1. The number of pyridine rings is 1. The first-order valence-electron chi connectivity index (χ1n) is 7.58. The summed E-state index contributed by atoms with van der Waals surface area (Å²) in [5.74, 6) is -0.197. The molecule has 0 radical (unpaired) electrons. The minimum atomic E-state index is -0.509. The van der Waals surface area contributed by atoms with Crippen LogP contribution in [0.1, 0.15) is 24.1 Å². The van der Waals surface area contributed by atoms with Crippen LogP contribution in [-0.4, -0.2) is 10.5 Å². The largest absolute Gasteiger partial charge is 0.345 e. The van der Waals surface area contributed by atoms with Crippen LogP contribution in [0.15, 0.2) is 59.4 Å². The topological polar surface area (TPSA) is 51.1 Å². The third-order valence-corrected chi connectivity index (χ3v) is 4.24. The van der Waals surface area contributed by atoms with Crippen molar-refractivity contribution in [3.8, 4) is 0 Å². The average Bonchev–Trinajstić information content (AvgIpc) is 2.56. The van der Waals surface area contributed by atoms with Gasteiger partial charge >= 0.3 is 0 Å². The highest BCUT2D eigenvalue weighted by atomic mass is 35.5. The quantitative estimate of drug-likeness (QED) is 0.794. The molecule has 1 unspecified atom stereocenters. The van der Waals surface area contributed by atoms with Gasteiger partial charge in [0.1, 0.15) is 0 Å². The lowest BCUT2D eigenvalue weighted by Crippen LogP contribution is -2.33. The summed E-state index contributed by atoms with van der Waals surface area (Å²) in [5.41, 5.74) is 2.01. The van der Waals surface area contributed by atoms with Crippen LogP contribution in [0, 0.1) is 0 Å². The van der Waals surface area contributed by atoms with Crippen molar-refractivity contribution in [2.45, 2.75) is 13.0 Å². The van der Waals surface area contributed by atoms with E-state index in [9.17, 15) is 9.59 Å². The molecular formula is C19H17ClN2O2. The molecule has 0 saturated carbocycles. The molecule has 1 aromatic heterocycles. The summed E-state index contributed by atoms with van der Waals surface area (Å²) in [6.45, 7) is 1.44. The Morgan fingerprint density at radius 2 is 1.83 bits per heavy atom. The van der Waals surface area contributed by atoms with E-state index in [0.717, 1.165) is 16.5 Å². The zero-order valence-corrected chi connectivity index (χ0v) is 14.2. The molecule has 0 aliphatic carbocycles. The molecule has 0 spiro atoms. The number of nitrogens with zero attached hydrogens (tertiary/aromatic N) is 1. The van der Waals surface area contributed by atoms with Gasteiger partial charge in [-0.25, -0.2) is 0 Å². The van der Waals surface area contributed by atoms with Gasteiger partial charge < -0.3 is 9.88 Å². The highest BCUT2D eigenvalue weighted by Gasteiger charge is 2.20. The van der Waals surface area contributed by atoms with Gasteiger partial charge in [-0.05, 0) is 29.8 Å². The molecule has 3 rings (SSSR count). The summed E-state index contributed by atoms with van der Waals surface area (Å²) in [4.78, 5) is 24.5. The Balaban J connectivity index is 2.26. The van der Waals surface area contributed by atoms with Crippen LogP contribution in [0.4, 0.5) is 0 Å². The van der Waals surface area contributed by atoms with E-state index in [4.69, 9.17) is 11.6 Å². The smallest absolute Gasteiger partial charge is 0.256 e. The number of hydrogen-bond acceptors (Lipinski definition) is 2. The van der Waals surface area contributed by atoms with Crippen LogP contribution < -0.4 is 10.9 Å². The number of amides is 1. The molecule has 1 atom stereocenters. The van der Waals surface area contributed by atoms with Gasteiger partial charge in [-0.3, -0.25) is 9.59 Å². The van der Waals surface area contributed by atoms with Gasteiger partial charge in [0.2, 0.25) is 5.91 Å². The Kier molecular flexibility index (Phi) is 4.40. The molecule has 5 heteroatoms. The monoisotopic (exact) mass is 340 g/mol. The van der Waals surface area contributed by atoms with Crippen LogP contribution in [-0.2, 0) is 11.8 Å². The normalized spacial score (nSPS) is 12.1. The van der Waals surface area contributed by atoms with E-state index in [1.165, 1.54) is 6.92 Å². The minimum absolute atomic E-state index is 0.146. The van der Waals surface area contributed by atoms with Crippen molar-refractivity contribution in [1.82, 2.24) is 9.88 Å². The van der Waals surface area contributed by atoms with Crippen molar-refractivity contribution in [3.05, 3.63) is 81.1 Å². The van der Waals surface area contributed by atoms with Crippen molar-refractivity contribution in [1.29, 1.82) is 0 Å². The van der Waals surface area contributed by atoms with E-state index in [1.807, 2.05) is 42.5 Å². The van der Waals surface area contributed by atoms with Gasteiger partial charge in [0.05, 0.1) is 11.6 Å². The molecule has 1 amide bonds. The molecule has 122 valence electrons. The maximum absolute atomic E-state index is 12.8. The highest BCUT2D eigenvalue weighted by molar-refractivity contribution is 6.31. The van der Waals surface area contributed by atoms with E-state index in [2.05, 4.69) is 5.32 Å². The number of rotatable bonds is 3. The molecule has 0 saturated heterocycles. The van der Waals surface area contributed by atoms with Gasteiger partial charge in [0.15, 0.2) is 0 Å². The van der Waals surface area contributed by atoms with Crippen molar-refractivity contribution < 1.29 is 4.79 Å². The summed E-state index contributed by atoms with van der Waals surface area (Å²) in [6, 6.07) is 16.1. The second-order valence-electron chi connectivity index (χ2n) is 5.71. The molecule has 2 aromatic carbocycles. The van der Waals surface area contributed by atoms with Crippen LogP contribution >= 0.6 is 11.6 Å². The van der Waals surface area contributed by atoms with Crippen LogP contribution in [0.5, 0.6) is 0 Å². The zero-order valence-electron chi connectivity index (χ0n) is 13.4. The van der Waals surface area contributed by atoms with Crippen molar-refractivity contribution in [2.75, 3.05) is 0 Å². The second kappa shape index (κ2) is 6.49.